The largest absolute Gasteiger partial charge is 0.496 e. The number of methoxy groups -OCH3 is 1. The zero-order chi connectivity index (χ0) is 15.4. The first kappa shape index (κ1) is 15.1. The number of nitrogen functional groups attached to an aromatic ring is 1. The van der Waals surface area contributed by atoms with Gasteiger partial charge in [-0.15, -0.1) is 0 Å². The zero-order valence-electron chi connectivity index (χ0n) is 12.1. The van der Waals surface area contributed by atoms with Crippen LogP contribution in [-0.2, 0) is 6.54 Å². The number of hydrogen-bond donors (Lipinski definition) is 2. The van der Waals surface area contributed by atoms with E-state index < -0.39 is 0 Å². The fraction of sp³-hybridized carbons (Fsp3) is 0.308. The number of rotatable bonds is 5. The Morgan fingerprint density at radius 2 is 2.05 bits per heavy atom. The van der Waals surface area contributed by atoms with Gasteiger partial charge in [0, 0.05) is 31.2 Å². The summed E-state index contributed by atoms with van der Waals surface area (Å²) in [7, 11) is 5.26. The molecule has 0 aliphatic heterocycles. The molecule has 0 spiro atoms. The summed E-state index contributed by atoms with van der Waals surface area (Å²) in [6.45, 7) is 0.416. The minimum atomic E-state index is 0.155. The standard InChI is InChI=1S/C13H17ClN6O/c1-20(2)13-18-11(15)17-12(19-13)16-7-8-9(14)5-4-6-10(8)21-3/h4-6H,7H2,1-3H3,(H3,15,16,17,18,19). The molecule has 0 aliphatic carbocycles. The van der Waals surface area contributed by atoms with E-state index in [1.807, 2.05) is 26.2 Å². The summed E-state index contributed by atoms with van der Waals surface area (Å²) in [6.07, 6.45) is 0. The third kappa shape index (κ3) is 3.63. The molecule has 0 saturated carbocycles. The lowest BCUT2D eigenvalue weighted by atomic mass is 10.2. The molecule has 0 saturated heterocycles. The van der Waals surface area contributed by atoms with Crippen molar-refractivity contribution in [3.63, 3.8) is 0 Å². The third-order valence-electron chi connectivity index (χ3n) is 2.76. The van der Waals surface area contributed by atoms with Crippen molar-refractivity contribution in [3.05, 3.63) is 28.8 Å². The Morgan fingerprint density at radius 3 is 2.71 bits per heavy atom. The average molecular weight is 309 g/mol. The number of nitrogens with two attached hydrogens (primary N) is 1. The summed E-state index contributed by atoms with van der Waals surface area (Å²) in [5.41, 5.74) is 6.50. The molecule has 0 atom stereocenters. The normalized spacial score (nSPS) is 10.3. The molecule has 0 aliphatic rings. The van der Waals surface area contributed by atoms with Gasteiger partial charge in [-0.1, -0.05) is 17.7 Å². The molecular formula is C13H17ClN6O. The van der Waals surface area contributed by atoms with Crippen LogP contribution in [0.2, 0.25) is 5.02 Å². The lowest BCUT2D eigenvalue weighted by Gasteiger charge is -2.14. The summed E-state index contributed by atoms with van der Waals surface area (Å²) in [6, 6.07) is 5.47. The molecule has 2 aromatic rings. The van der Waals surface area contributed by atoms with E-state index >= 15 is 0 Å². The van der Waals surface area contributed by atoms with Crippen LogP contribution in [0.1, 0.15) is 5.56 Å². The molecule has 1 aromatic heterocycles. The molecule has 21 heavy (non-hydrogen) atoms. The van der Waals surface area contributed by atoms with E-state index in [1.165, 1.54) is 0 Å². The van der Waals surface area contributed by atoms with E-state index in [9.17, 15) is 0 Å². The highest BCUT2D eigenvalue weighted by atomic mass is 35.5. The Hall–Kier alpha value is -2.28. The molecule has 2 rings (SSSR count). The Kier molecular flexibility index (Phi) is 4.64. The predicted octanol–water partition coefficient (Wildman–Crippen LogP) is 1.79. The van der Waals surface area contributed by atoms with Gasteiger partial charge in [-0.25, -0.2) is 0 Å². The third-order valence-corrected chi connectivity index (χ3v) is 3.11. The van der Waals surface area contributed by atoms with Crippen molar-refractivity contribution < 1.29 is 4.74 Å². The van der Waals surface area contributed by atoms with Gasteiger partial charge in [-0.2, -0.15) is 15.0 Å². The minimum Gasteiger partial charge on any atom is -0.496 e. The van der Waals surface area contributed by atoms with Gasteiger partial charge in [-0.05, 0) is 12.1 Å². The fourth-order valence-corrected chi connectivity index (χ4v) is 1.96. The van der Waals surface area contributed by atoms with Crippen LogP contribution >= 0.6 is 11.6 Å². The van der Waals surface area contributed by atoms with E-state index in [0.717, 1.165) is 5.56 Å². The van der Waals surface area contributed by atoms with Crippen LogP contribution in [0, 0.1) is 0 Å². The number of aromatic nitrogens is 3. The van der Waals surface area contributed by atoms with Crippen molar-refractivity contribution in [3.8, 4) is 5.75 Å². The molecule has 3 N–H and O–H groups in total. The van der Waals surface area contributed by atoms with Gasteiger partial charge < -0.3 is 20.7 Å². The monoisotopic (exact) mass is 308 g/mol. The maximum absolute atomic E-state index is 6.18. The van der Waals surface area contributed by atoms with Gasteiger partial charge in [0.05, 0.1) is 7.11 Å². The van der Waals surface area contributed by atoms with E-state index in [4.69, 9.17) is 22.1 Å². The summed E-state index contributed by atoms with van der Waals surface area (Å²) in [4.78, 5) is 14.1. The quantitative estimate of drug-likeness (QED) is 0.870. The molecule has 0 amide bonds. The highest BCUT2D eigenvalue weighted by molar-refractivity contribution is 6.31. The SMILES string of the molecule is COc1cccc(Cl)c1CNc1nc(N)nc(N(C)C)n1. The number of hydrogen-bond acceptors (Lipinski definition) is 7. The molecule has 112 valence electrons. The van der Waals surface area contributed by atoms with Crippen molar-refractivity contribution in [2.45, 2.75) is 6.54 Å². The molecule has 1 heterocycles. The van der Waals surface area contributed by atoms with E-state index in [0.29, 0.717) is 29.2 Å². The maximum atomic E-state index is 6.18. The fourth-order valence-electron chi connectivity index (χ4n) is 1.73. The van der Waals surface area contributed by atoms with Gasteiger partial charge in [0.15, 0.2) is 0 Å². The van der Waals surface area contributed by atoms with Crippen LogP contribution in [0.15, 0.2) is 18.2 Å². The highest BCUT2D eigenvalue weighted by Crippen LogP contribution is 2.26. The number of nitrogens with zero attached hydrogens (tertiary/aromatic N) is 4. The second kappa shape index (κ2) is 6.45. The summed E-state index contributed by atoms with van der Waals surface area (Å²) < 4.78 is 5.29. The number of anilines is 3. The van der Waals surface area contributed by atoms with Crippen LogP contribution in [-0.4, -0.2) is 36.2 Å². The maximum Gasteiger partial charge on any atom is 0.231 e. The average Bonchev–Trinajstić information content (AvgIpc) is 2.45. The molecule has 0 bridgehead atoms. The lowest BCUT2D eigenvalue weighted by molar-refractivity contribution is 0.410. The molecule has 8 heteroatoms. The second-order valence-corrected chi connectivity index (χ2v) is 4.89. The predicted molar refractivity (Wildman–Crippen MR) is 83.9 cm³/mol. The topological polar surface area (TPSA) is 89.2 Å². The molecule has 0 radical (unpaired) electrons. The zero-order valence-corrected chi connectivity index (χ0v) is 12.8. The van der Waals surface area contributed by atoms with E-state index in [2.05, 4.69) is 20.3 Å². The van der Waals surface area contributed by atoms with Crippen LogP contribution in [0.3, 0.4) is 0 Å². The van der Waals surface area contributed by atoms with E-state index in [-0.39, 0.29) is 5.95 Å². The van der Waals surface area contributed by atoms with Crippen LogP contribution < -0.4 is 20.7 Å². The Balaban J connectivity index is 2.21. The molecule has 7 nitrogen and oxygen atoms in total. The van der Waals surface area contributed by atoms with E-state index in [1.54, 1.807) is 18.1 Å². The summed E-state index contributed by atoms with van der Waals surface area (Å²) in [5, 5.41) is 3.69. The number of benzene rings is 1. The Labute approximate surface area is 128 Å². The van der Waals surface area contributed by atoms with Gasteiger partial charge >= 0.3 is 0 Å². The van der Waals surface area contributed by atoms with Gasteiger partial charge in [-0.3, -0.25) is 0 Å². The van der Waals surface area contributed by atoms with Crippen molar-refractivity contribution in [1.29, 1.82) is 0 Å². The molecular weight excluding hydrogens is 292 g/mol. The summed E-state index contributed by atoms with van der Waals surface area (Å²) in [5.74, 6) is 1.72. The first-order valence-corrected chi connectivity index (χ1v) is 6.63. The summed E-state index contributed by atoms with van der Waals surface area (Å²) >= 11 is 6.18. The molecule has 0 unspecified atom stereocenters. The van der Waals surface area contributed by atoms with Gasteiger partial charge in [0.25, 0.3) is 0 Å². The van der Waals surface area contributed by atoms with Crippen LogP contribution in [0.5, 0.6) is 5.75 Å². The highest BCUT2D eigenvalue weighted by Gasteiger charge is 2.10. The minimum absolute atomic E-state index is 0.155. The van der Waals surface area contributed by atoms with Gasteiger partial charge in [0.1, 0.15) is 5.75 Å². The second-order valence-electron chi connectivity index (χ2n) is 4.49. The molecule has 0 fully saturated rings. The first-order chi connectivity index (χ1) is 10.0. The first-order valence-electron chi connectivity index (χ1n) is 6.25. The Bertz CT molecular complexity index is 634. The lowest BCUT2D eigenvalue weighted by Crippen LogP contribution is -2.16. The number of nitrogens with one attached hydrogen (secondary N) is 1. The van der Waals surface area contributed by atoms with Crippen molar-refractivity contribution >= 4 is 29.4 Å². The van der Waals surface area contributed by atoms with Crippen LogP contribution in [0.25, 0.3) is 0 Å². The Morgan fingerprint density at radius 1 is 1.29 bits per heavy atom. The molecule has 1 aromatic carbocycles. The van der Waals surface area contributed by atoms with Crippen molar-refractivity contribution in [1.82, 2.24) is 15.0 Å². The van der Waals surface area contributed by atoms with Crippen molar-refractivity contribution in [2.75, 3.05) is 37.2 Å². The number of halogens is 1. The van der Waals surface area contributed by atoms with Crippen LogP contribution in [0.4, 0.5) is 17.8 Å². The van der Waals surface area contributed by atoms with Crippen molar-refractivity contribution in [2.24, 2.45) is 0 Å². The van der Waals surface area contributed by atoms with Gasteiger partial charge in [0.2, 0.25) is 17.8 Å². The smallest absolute Gasteiger partial charge is 0.231 e. The number of ether oxygens (including phenoxy) is 1.